The van der Waals surface area contributed by atoms with Crippen LogP contribution >= 0.6 is 15.9 Å². The van der Waals surface area contributed by atoms with Crippen molar-refractivity contribution < 1.29 is 14.3 Å². The molecule has 0 aliphatic rings. The van der Waals surface area contributed by atoms with E-state index in [1.54, 1.807) is 13.2 Å². The number of carbonyl (C=O) groups excluding carboxylic acids is 1. The second kappa shape index (κ2) is 8.49. The fourth-order valence-electron chi connectivity index (χ4n) is 1.96. The van der Waals surface area contributed by atoms with Crippen LogP contribution in [0.25, 0.3) is 0 Å². The molecule has 0 saturated carbocycles. The molecule has 0 spiro atoms. The Morgan fingerprint density at radius 1 is 1.25 bits per heavy atom. The van der Waals surface area contributed by atoms with Gasteiger partial charge in [0.2, 0.25) is 5.91 Å². The van der Waals surface area contributed by atoms with Gasteiger partial charge in [-0.25, -0.2) is 5.43 Å². The van der Waals surface area contributed by atoms with Crippen LogP contribution in [0.15, 0.2) is 46.0 Å². The van der Waals surface area contributed by atoms with Gasteiger partial charge in [-0.2, -0.15) is 5.10 Å². The summed E-state index contributed by atoms with van der Waals surface area (Å²) in [6.07, 6.45) is 1.54. The minimum Gasteiger partial charge on any atom is -0.493 e. The molecule has 0 saturated heterocycles. The molecule has 0 aliphatic heterocycles. The molecule has 0 atom stereocenters. The van der Waals surface area contributed by atoms with Gasteiger partial charge in [-0.3, -0.25) is 4.79 Å². The van der Waals surface area contributed by atoms with E-state index in [1.165, 1.54) is 18.7 Å². The van der Waals surface area contributed by atoms with Gasteiger partial charge in [0.15, 0.2) is 11.5 Å². The van der Waals surface area contributed by atoms with Crippen LogP contribution in [0.2, 0.25) is 0 Å². The van der Waals surface area contributed by atoms with Crippen molar-refractivity contribution in [2.75, 3.05) is 7.11 Å². The molecule has 0 aromatic heterocycles. The van der Waals surface area contributed by atoms with Gasteiger partial charge in [-0.1, -0.05) is 29.8 Å². The van der Waals surface area contributed by atoms with E-state index in [9.17, 15) is 4.79 Å². The number of nitrogens with one attached hydrogen (secondary N) is 1. The summed E-state index contributed by atoms with van der Waals surface area (Å²) in [5, 5.41) is 3.86. The summed E-state index contributed by atoms with van der Waals surface area (Å²) in [6, 6.07) is 11.8. The molecule has 0 unspecified atom stereocenters. The Hall–Kier alpha value is -2.34. The Bertz CT molecular complexity index is 743. The van der Waals surface area contributed by atoms with Crippen molar-refractivity contribution >= 4 is 28.1 Å². The number of amides is 1. The largest absolute Gasteiger partial charge is 0.493 e. The number of halogens is 1. The quantitative estimate of drug-likeness (QED) is 0.602. The third kappa shape index (κ3) is 5.09. The molecular weight excluding hydrogens is 372 g/mol. The molecule has 126 valence electrons. The zero-order valence-electron chi connectivity index (χ0n) is 13.8. The highest BCUT2D eigenvalue weighted by Crippen LogP contribution is 2.33. The average Bonchev–Trinajstić information content (AvgIpc) is 2.55. The number of benzene rings is 2. The maximum atomic E-state index is 10.9. The van der Waals surface area contributed by atoms with Gasteiger partial charge in [-0.05, 0) is 40.5 Å². The lowest BCUT2D eigenvalue weighted by Crippen LogP contribution is -2.12. The second-order valence-corrected chi connectivity index (χ2v) is 6.08. The van der Waals surface area contributed by atoms with E-state index in [0.717, 1.165) is 15.6 Å². The Labute approximate surface area is 149 Å². The van der Waals surface area contributed by atoms with Gasteiger partial charge >= 0.3 is 0 Å². The van der Waals surface area contributed by atoms with E-state index in [1.807, 2.05) is 37.3 Å². The standard InChI is InChI=1S/C18H19BrN2O3/c1-12-4-6-14(7-5-12)11-24-18-9-16(19)15(8-17(18)23-3)10-20-21-13(2)22/h4-10H,11H2,1-3H3,(H,21,22)/b20-10+. The highest BCUT2D eigenvalue weighted by Gasteiger charge is 2.10. The van der Waals surface area contributed by atoms with Crippen molar-refractivity contribution in [2.24, 2.45) is 5.10 Å². The van der Waals surface area contributed by atoms with Crippen molar-refractivity contribution in [3.63, 3.8) is 0 Å². The minimum absolute atomic E-state index is 0.229. The van der Waals surface area contributed by atoms with E-state index < -0.39 is 0 Å². The van der Waals surface area contributed by atoms with Crippen molar-refractivity contribution in [3.8, 4) is 11.5 Å². The van der Waals surface area contributed by atoms with E-state index in [4.69, 9.17) is 9.47 Å². The third-order valence-corrected chi connectivity index (χ3v) is 3.91. The Morgan fingerprint density at radius 3 is 2.58 bits per heavy atom. The first-order valence-corrected chi connectivity index (χ1v) is 8.14. The second-order valence-electron chi connectivity index (χ2n) is 5.23. The highest BCUT2D eigenvalue weighted by molar-refractivity contribution is 9.10. The molecule has 2 aromatic carbocycles. The molecule has 0 bridgehead atoms. The average molecular weight is 391 g/mol. The normalized spacial score (nSPS) is 10.7. The van der Waals surface area contributed by atoms with Crippen LogP contribution in [0.1, 0.15) is 23.6 Å². The van der Waals surface area contributed by atoms with Gasteiger partial charge < -0.3 is 9.47 Å². The fraction of sp³-hybridized carbons (Fsp3) is 0.222. The van der Waals surface area contributed by atoms with E-state index in [0.29, 0.717) is 18.1 Å². The number of carbonyl (C=O) groups is 1. The maximum Gasteiger partial charge on any atom is 0.236 e. The van der Waals surface area contributed by atoms with Gasteiger partial charge in [0, 0.05) is 17.0 Å². The Kier molecular flexibility index (Phi) is 6.37. The zero-order valence-corrected chi connectivity index (χ0v) is 15.4. The van der Waals surface area contributed by atoms with Crippen LogP contribution in [-0.2, 0) is 11.4 Å². The van der Waals surface area contributed by atoms with Crippen molar-refractivity contribution in [1.82, 2.24) is 5.43 Å². The van der Waals surface area contributed by atoms with Crippen molar-refractivity contribution in [3.05, 3.63) is 57.6 Å². The third-order valence-electron chi connectivity index (χ3n) is 3.22. The van der Waals surface area contributed by atoms with Gasteiger partial charge in [-0.15, -0.1) is 0 Å². The van der Waals surface area contributed by atoms with Crippen LogP contribution in [0, 0.1) is 6.92 Å². The summed E-state index contributed by atoms with van der Waals surface area (Å²) in [5.41, 5.74) is 5.42. The monoisotopic (exact) mass is 390 g/mol. The van der Waals surface area contributed by atoms with Crippen LogP contribution < -0.4 is 14.9 Å². The summed E-state index contributed by atoms with van der Waals surface area (Å²) in [4.78, 5) is 10.9. The van der Waals surface area contributed by atoms with Crippen molar-refractivity contribution in [1.29, 1.82) is 0 Å². The Morgan fingerprint density at radius 2 is 1.96 bits per heavy atom. The van der Waals surface area contributed by atoms with Crippen LogP contribution in [0.5, 0.6) is 11.5 Å². The van der Waals surface area contributed by atoms with Crippen molar-refractivity contribution in [2.45, 2.75) is 20.5 Å². The predicted molar refractivity (Wildman–Crippen MR) is 97.6 cm³/mol. The Balaban J connectivity index is 2.15. The molecular formula is C18H19BrN2O3. The number of nitrogens with zero attached hydrogens (tertiary/aromatic N) is 1. The lowest BCUT2D eigenvalue weighted by molar-refractivity contribution is -0.118. The van der Waals surface area contributed by atoms with Crippen LogP contribution in [0.3, 0.4) is 0 Å². The molecule has 0 radical (unpaired) electrons. The SMILES string of the molecule is COc1cc(/C=N/NC(C)=O)c(Br)cc1OCc1ccc(C)cc1. The summed E-state index contributed by atoms with van der Waals surface area (Å²) in [7, 11) is 1.58. The van der Waals surface area contributed by atoms with E-state index in [2.05, 4.69) is 26.5 Å². The molecule has 0 aliphatic carbocycles. The topological polar surface area (TPSA) is 59.9 Å². The predicted octanol–water partition coefficient (Wildman–Crippen LogP) is 3.82. The van der Waals surface area contributed by atoms with Crippen LogP contribution in [0.4, 0.5) is 0 Å². The smallest absolute Gasteiger partial charge is 0.236 e. The van der Waals surface area contributed by atoms with Gasteiger partial charge in [0.1, 0.15) is 6.61 Å². The highest BCUT2D eigenvalue weighted by atomic mass is 79.9. The lowest BCUT2D eigenvalue weighted by atomic mass is 10.2. The van der Waals surface area contributed by atoms with E-state index in [-0.39, 0.29) is 5.91 Å². The fourth-order valence-corrected chi connectivity index (χ4v) is 2.38. The van der Waals surface area contributed by atoms with Crippen LogP contribution in [-0.4, -0.2) is 19.2 Å². The number of methoxy groups -OCH3 is 1. The molecule has 1 N–H and O–H groups in total. The number of hydrogen-bond donors (Lipinski definition) is 1. The molecule has 2 rings (SSSR count). The number of rotatable bonds is 6. The maximum absolute atomic E-state index is 10.9. The van der Waals surface area contributed by atoms with E-state index >= 15 is 0 Å². The molecule has 24 heavy (non-hydrogen) atoms. The number of aryl methyl sites for hydroxylation is 1. The molecule has 2 aromatic rings. The number of hydrazone groups is 1. The summed E-state index contributed by atoms with van der Waals surface area (Å²) >= 11 is 3.47. The summed E-state index contributed by atoms with van der Waals surface area (Å²) in [5.74, 6) is 0.989. The summed E-state index contributed by atoms with van der Waals surface area (Å²) < 4.78 is 12.0. The molecule has 0 heterocycles. The first-order valence-electron chi connectivity index (χ1n) is 7.35. The minimum atomic E-state index is -0.229. The number of hydrogen-bond acceptors (Lipinski definition) is 4. The first kappa shape index (κ1) is 18.0. The zero-order chi connectivity index (χ0) is 17.5. The number of ether oxygens (including phenoxy) is 2. The molecule has 0 fully saturated rings. The molecule has 5 nitrogen and oxygen atoms in total. The molecule has 6 heteroatoms. The first-order chi connectivity index (χ1) is 11.5. The van der Waals surface area contributed by atoms with Gasteiger partial charge in [0.25, 0.3) is 0 Å². The lowest BCUT2D eigenvalue weighted by Gasteiger charge is -2.13. The molecule has 1 amide bonds. The van der Waals surface area contributed by atoms with Gasteiger partial charge in [0.05, 0.1) is 13.3 Å². The summed E-state index contributed by atoms with van der Waals surface area (Å²) in [6.45, 7) is 3.89.